The van der Waals surface area contributed by atoms with Gasteiger partial charge in [0.05, 0.1) is 6.04 Å². The summed E-state index contributed by atoms with van der Waals surface area (Å²) in [7, 11) is 1.85. The maximum Gasteiger partial charge on any atom is 0.239 e. The summed E-state index contributed by atoms with van der Waals surface area (Å²) in [6.07, 6.45) is 3.90. The topological polar surface area (TPSA) is 35.6 Å². The van der Waals surface area contributed by atoms with Crippen LogP contribution in [0, 0.1) is 0 Å². The molecule has 4 nitrogen and oxygen atoms in total. The molecular weight excluding hydrogens is 214 g/mol. The summed E-state index contributed by atoms with van der Waals surface area (Å²) in [5.74, 6) is 0.255. The minimum absolute atomic E-state index is 0.0624. The molecular formula is C13H25N3O. The molecule has 0 bridgehead atoms. The van der Waals surface area contributed by atoms with Crippen LogP contribution in [0.2, 0.25) is 0 Å². The minimum atomic E-state index is -0.0624. The largest absolute Gasteiger partial charge is 0.336 e. The molecule has 2 fully saturated rings. The van der Waals surface area contributed by atoms with E-state index in [4.69, 9.17) is 0 Å². The number of carbonyl (C=O) groups is 1. The number of hydrogen-bond acceptors (Lipinski definition) is 3. The second-order valence-electron chi connectivity index (χ2n) is 5.49. The minimum Gasteiger partial charge on any atom is -0.336 e. The molecule has 3 unspecified atom stereocenters. The number of nitrogens with one attached hydrogen (secondary N) is 1. The van der Waals surface area contributed by atoms with Crippen molar-refractivity contribution in [2.75, 3.05) is 26.7 Å². The van der Waals surface area contributed by atoms with Crippen LogP contribution < -0.4 is 5.32 Å². The lowest BCUT2D eigenvalue weighted by molar-refractivity contribution is -0.139. The van der Waals surface area contributed by atoms with Gasteiger partial charge in [0, 0.05) is 25.2 Å². The maximum absolute atomic E-state index is 12.3. The number of likely N-dealkylation sites (N-methyl/N-ethyl adjacent to an activating group) is 1. The summed E-state index contributed by atoms with van der Waals surface area (Å²) in [5, 5.41) is 3.05. The molecule has 0 aromatic carbocycles. The van der Waals surface area contributed by atoms with E-state index in [-0.39, 0.29) is 11.9 Å². The van der Waals surface area contributed by atoms with Gasteiger partial charge in [-0.2, -0.15) is 0 Å². The Balaban J connectivity index is 2.01. The van der Waals surface area contributed by atoms with Crippen LogP contribution in [0.25, 0.3) is 0 Å². The Hall–Kier alpha value is -0.610. The molecule has 2 aliphatic heterocycles. The quantitative estimate of drug-likeness (QED) is 0.770. The molecule has 1 N–H and O–H groups in total. The third kappa shape index (κ3) is 2.63. The van der Waals surface area contributed by atoms with Gasteiger partial charge in [-0.05, 0) is 40.3 Å². The van der Waals surface area contributed by atoms with E-state index in [1.54, 1.807) is 0 Å². The molecule has 2 aliphatic rings. The SMILES string of the molecule is CNC(C)C(=O)N1CC2CCCCN2CC1C. The summed E-state index contributed by atoms with van der Waals surface area (Å²) < 4.78 is 0. The molecule has 0 radical (unpaired) electrons. The van der Waals surface area contributed by atoms with Crippen molar-refractivity contribution in [1.29, 1.82) is 0 Å². The molecule has 4 heteroatoms. The third-order valence-electron chi connectivity index (χ3n) is 4.27. The predicted molar refractivity (Wildman–Crippen MR) is 68.9 cm³/mol. The van der Waals surface area contributed by atoms with Crippen molar-refractivity contribution >= 4 is 5.91 Å². The molecule has 98 valence electrons. The van der Waals surface area contributed by atoms with Crippen molar-refractivity contribution in [2.45, 2.75) is 51.2 Å². The highest BCUT2D eigenvalue weighted by atomic mass is 16.2. The van der Waals surface area contributed by atoms with E-state index in [1.807, 2.05) is 14.0 Å². The second kappa shape index (κ2) is 5.36. The first-order valence-corrected chi connectivity index (χ1v) is 6.85. The summed E-state index contributed by atoms with van der Waals surface area (Å²) >= 11 is 0. The number of carbonyl (C=O) groups excluding carboxylic acids is 1. The summed E-state index contributed by atoms with van der Waals surface area (Å²) in [4.78, 5) is 16.9. The van der Waals surface area contributed by atoms with Crippen LogP contribution in [-0.4, -0.2) is 60.5 Å². The normalized spacial score (nSPS) is 32.1. The number of piperidine rings is 1. The number of nitrogens with zero attached hydrogens (tertiary/aromatic N) is 2. The molecule has 0 aromatic rings. The first kappa shape index (κ1) is 12.8. The lowest BCUT2D eigenvalue weighted by Crippen LogP contribution is -2.62. The number of fused-ring (bicyclic) bond motifs is 1. The van der Waals surface area contributed by atoms with Crippen LogP contribution in [0.4, 0.5) is 0 Å². The van der Waals surface area contributed by atoms with Gasteiger partial charge in [-0.15, -0.1) is 0 Å². The number of hydrogen-bond donors (Lipinski definition) is 1. The molecule has 0 aliphatic carbocycles. The standard InChI is InChI=1S/C13H25N3O/c1-10-8-15-7-5-4-6-12(15)9-16(10)13(17)11(2)14-3/h10-12,14H,4-9H2,1-3H3. The molecule has 0 saturated carbocycles. The van der Waals surface area contributed by atoms with E-state index < -0.39 is 0 Å². The summed E-state index contributed by atoms with van der Waals surface area (Å²) in [6.45, 7) is 7.31. The Labute approximate surface area is 104 Å². The van der Waals surface area contributed by atoms with Crippen LogP contribution in [0.5, 0.6) is 0 Å². The van der Waals surface area contributed by atoms with Gasteiger partial charge >= 0.3 is 0 Å². The molecule has 2 heterocycles. The second-order valence-corrected chi connectivity index (χ2v) is 5.49. The van der Waals surface area contributed by atoms with Crippen LogP contribution >= 0.6 is 0 Å². The van der Waals surface area contributed by atoms with Crippen molar-refractivity contribution in [3.05, 3.63) is 0 Å². The van der Waals surface area contributed by atoms with Gasteiger partial charge in [0.25, 0.3) is 0 Å². The lowest BCUT2D eigenvalue weighted by Gasteiger charge is -2.48. The van der Waals surface area contributed by atoms with Crippen molar-refractivity contribution in [3.63, 3.8) is 0 Å². The van der Waals surface area contributed by atoms with Crippen molar-refractivity contribution < 1.29 is 4.79 Å². The zero-order valence-electron chi connectivity index (χ0n) is 11.3. The van der Waals surface area contributed by atoms with Crippen molar-refractivity contribution in [2.24, 2.45) is 0 Å². The fraction of sp³-hybridized carbons (Fsp3) is 0.923. The van der Waals surface area contributed by atoms with Gasteiger partial charge in [0.2, 0.25) is 5.91 Å². The fourth-order valence-corrected chi connectivity index (χ4v) is 3.03. The Morgan fingerprint density at radius 3 is 2.82 bits per heavy atom. The molecule has 1 amide bonds. The first-order chi connectivity index (χ1) is 8.13. The fourth-order valence-electron chi connectivity index (χ4n) is 3.03. The van der Waals surface area contributed by atoms with Gasteiger partial charge < -0.3 is 10.2 Å². The van der Waals surface area contributed by atoms with E-state index in [0.29, 0.717) is 12.1 Å². The highest BCUT2D eigenvalue weighted by Crippen LogP contribution is 2.24. The molecule has 2 rings (SSSR count). The van der Waals surface area contributed by atoms with E-state index in [2.05, 4.69) is 22.0 Å². The average molecular weight is 239 g/mol. The van der Waals surface area contributed by atoms with Crippen LogP contribution in [-0.2, 0) is 4.79 Å². The number of piperazine rings is 1. The molecule has 0 spiro atoms. The van der Waals surface area contributed by atoms with Gasteiger partial charge in [0.1, 0.15) is 0 Å². The molecule has 3 atom stereocenters. The van der Waals surface area contributed by atoms with E-state index in [9.17, 15) is 4.79 Å². The van der Waals surface area contributed by atoms with Crippen molar-refractivity contribution in [1.82, 2.24) is 15.1 Å². The van der Waals surface area contributed by atoms with Gasteiger partial charge in [0.15, 0.2) is 0 Å². The highest BCUT2D eigenvalue weighted by molar-refractivity contribution is 5.81. The van der Waals surface area contributed by atoms with Crippen LogP contribution in [0.3, 0.4) is 0 Å². The average Bonchev–Trinajstić information content (AvgIpc) is 2.36. The van der Waals surface area contributed by atoms with Crippen LogP contribution in [0.1, 0.15) is 33.1 Å². The smallest absolute Gasteiger partial charge is 0.239 e. The molecule has 17 heavy (non-hydrogen) atoms. The van der Waals surface area contributed by atoms with Gasteiger partial charge in [-0.3, -0.25) is 9.69 Å². The van der Waals surface area contributed by atoms with E-state index in [1.165, 1.54) is 25.8 Å². The van der Waals surface area contributed by atoms with E-state index in [0.717, 1.165) is 13.1 Å². The molecule has 0 aromatic heterocycles. The predicted octanol–water partition coefficient (Wildman–Crippen LogP) is 0.679. The Morgan fingerprint density at radius 2 is 2.12 bits per heavy atom. The highest BCUT2D eigenvalue weighted by Gasteiger charge is 2.36. The summed E-state index contributed by atoms with van der Waals surface area (Å²) in [5.41, 5.74) is 0. The third-order valence-corrected chi connectivity index (χ3v) is 4.27. The van der Waals surface area contributed by atoms with Gasteiger partial charge in [-0.25, -0.2) is 0 Å². The zero-order valence-corrected chi connectivity index (χ0v) is 11.3. The Kier molecular flexibility index (Phi) is 4.05. The monoisotopic (exact) mass is 239 g/mol. The number of rotatable bonds is 2. The van der Waals surface area contributed by atoms with Crippen LogP contribution in [0.15, 0.2) is 0 Å². The zero-order chi connectivity index (χ0) is 12.4. The van der Waals surface area contributed by atoms with Gasteiger partial charge in [-0.1, -0.05) is 6.42 Å². The Bertz CT molecular complexity index is 282. The molecule has 2 saturated heterocycles. The Morgan fingerprint density at radius 1 is 1.35 bits per heavy atom. The van der Waals surface area contributed by atoms with Crippen molar-refractivity contribution in [3.8, 4) is 0 Å². The lowest BCUT2D eigenvalue weighted by atomic mass is 9.96. The first-order valence-electron chi connectivity index (χ1n) is 6.85. The van der Waals surface area contributed by atoms with E-state index >= 15 is 0 Å². The maximum atomic E-state index is 12.3. The summed E-state index contributed by atoms with van der Waals surface area (Å²) in [6, 6.07) is 0.896. The number of amides is 1.